The Hall–Kier alpha value is 0.390. The number of ether oxygens (including phenoxy) is 1. The van der Waals surface area contributed by atoms with Gasteiger partial charge in [0.1, 0.15) is 0 Å². The van der Waals surface area contributed by atoms with E-state index < -0.39 is 69.8 Å². The molecule has 0 radical (unpaired) electrons. The molecule has 0 bridgehead atoms. The van der Waals surface area contributed by atoms with Crippen LogP contribution in [0.3, 0.4) is 0 Å². The molecule has 5 nitrogen and oxygen atoms in total. The van der Waals surface area contributed by atoms with E-state index in [1.807, 2.05) is 0 Å². The molecule has 0 spiro atoms. The SMILES string of the molecule is CC(I)(C(=O)OC1(C(O)(C(F)(F)F)C(F)(F)F)CCCC1)C12NI1N2. The molecule has 0 amide bonds. The molecule has 25 heavy (non-hydrogen) atoms. The van der Waals surface area contributed by atoms with Gasteiger partial charge in [-0.1, -0.05) is 0 Å². The van der Waals surface area contributed by atoms with Crippen LogP contribution in [0.15, 0.2) is 0 Å². The molecule has 0 aromatic carbocycles. The van der Waals surface area contributed by atoms with Crippen molar-refractivity contribution in [2.24, 2.45) is 0 Å². The van der Waals surface area contributed by atoms with E-state index in [4.69, 9.17) is 4.74 Å². The van der Waals surface area contributed by atoms with Crippen LogP contribution in [-0.2, 0) is 9.53 Å². The molecule has 1 atom stereocenters. The number of nitrogens with one attached hydrogen (secondary N) is 2. The Morgan fingerprint density at radius 3 is 1.84 bits per heavy atom. The second-order valence-electron chi connectivity index (χ2n) is 6.43. The molecule has 2 saturated heterocycles. The van der Waals surface area contributed by atoms with E-state index in [0.717, 1.165) is 0 Å². The number of alkyl halides is 8. The Bertz CT molecular complexity index is 583. The molecule has 1 aliphatic carbocycles. The van der Waals surface area contributed by atoms with E-state index in [9.17, 15) is 36.2 Å². The molecule has 146 valence electrons. The predicted molar refractivity (Wildman–Crippen MR) is 89.8 cm³/mol. The fraction of sp³-hybridized carbons (Fsp3) is 0.917. The fourth-order valence-electron chi connectivity index (χ4n) is 3.15. The maximum atomic E-state index is 13.3. The average Bonchev–Trinajstić information content (AvgIpc) is 3.25. The molecule has 0 aromatic rings. The Labute approximate surface area is 159 Å². The van der Waals surface area contributed by atoms with Crippen molar-refractivity contribution >= 4 is 48.9 Å². The molecule has 3 fully saturated rings. The van der Waals surface area contributed by atoms with Gasteiger partial charge < -0.3 is 0 Å². The van der Waals surface area contributed by atoms with Crippen LogP contribution in [0.25, 0.3) is 0 Å². The summed E-state index contributed by atoms with van der Waals surface area (Å²) in [5, 5.41) is 9.83. The summed E-state index contributed by atoms with van der Waals surface area (Å²) in [6.45, 7) is 1.39. The summed E-state index contributed by atoms with van der Waals surface area (Å²) in [5.41, 5.74) is -8.19. The summed E-state index contributed by atoms with van der Waals surface area (Å²) in [5.74, 6) is -1.20. The summed E-state index contributed by atoms with van der Waals surface area (Å²) in [7, 11) is 0. The second-order valence-corrected chi connectivity index (χ2v) is 12.9. The van der Waals surface area contributed by atoms with Crippen molar-refractivity contribution in [3.8, 4) is 0 Å². The number of aliphatic hydroxyl groups is 1. The predicted octanol–water partition coefficient (Wildman–Crippen LogP) is 3.09. The number of rotatable bonds is 4. The first-order valence-corrected chi connectivity index (χ1v) is 11.5. The van der Waals surface area contributed by atoms with Gasteiger partial charge in [0.25, 0.3) is 0 Å². The van der Waals surface area contributed by atoms with E-state index in [-0.39, 0.29) is 12.8 Å². The number of hydrogen-bond donors (Lipinski definition) is 3. The van der Waals surface area contributed by atoms with Crippen molar-refractivity contribution in [2.75, 3.05) is 0 Å². The van der Waals surface area contributed by atoms with E-state index in [0.29, 0.717) is 0 Å². The van der Waals surface area contributed by atoms with Gasteiger partial charge >= 0.3 is 160 Å². The summed E-state index contributed by atoms with van der Waals surface area (Å²) in [6.07, 6.45) is -13.5. The molecule has 3 rings (SSSR count). The molecule has 3 N–H and O–H groups in total. The van der Waals surface area contributed by atoms with E-state index in [1.165, 1.54) is 6.92 Å². The third kappa shape index (κ3) is 2.61. The Morgan fingerprint density at radius 2 is 1.52 bits per heavy atom. The van der Waals surface area contributed by atoms with Crippen LogP contribution in [0.2, 0.25) is 0 Å². The van der Waals surface area contributed by atoms with Crippen molar-refractivity contribution in [2.45, 2.75) is 63.3 Å². The average molecular weight is 602 g/mol. The van der Waals surface area contributed by atoms with E-state index >= 15 is 0 Å². The fourth-order valence-corrected chi connectivity index (χ4v) is 10.9. The van der Waals surface area contributed by atoms with Gasteiger partial charge in [-0.25, -0.2) is 0 Å². The van der Waals surface area contributed by atoms with Crippen molar-refractivity contribution in [1.82, 2.24) is 7.06 Å². The van der Waals surface area contributed by atoms with Crippen LogP contribution in [0, 0.1) is 0 Å². The van der Waals surface area contributed by atoms with Crippen LogP contribution < -0.4 is 7.06 Å². The zero-order chi connectivity index (χ0) is 19.1. The first kappa shape index (κ1) is 20.1. The molecular weight excluding hydrogens is 588 g/mol. The molecule has 1 unspecified atom stereocenters. The number of carbonyl (C=O) groups excluding carboxylic acids is 1. The first-order valence-electron chi connectivity index (χ1n) is 7.18. The molecule has 1 saturated carbocycles. The number of halogens is 8. The third-order valence-corrected chi connectivity index (χ3v) is 12.0. The van der Waals surface area contributed by atoms with E-state index in [2.05, 4.69) is 7.06 Å². The zero-order valence-corrected chi connectivity index (χ0v) is 16.9. The Kier molecular flexibility index (Phi) is 4.41. The summed E-state index contributed by atoms with van der Waals surface area (Å²) in [4.78, 5) is 12.5. The van der Waals surface area contributed by atoms with Crippen LogP contribution in [0.4, 0.5) is 26.3 Å². The Morgan fingerprint density at radius 1 is 1.12 bits per heavy atom. The minimum atomic E-state index is -6.04. The van der Waals surface area contributed by atoms with Crippen LogP contribution >= 0.6 is 43.0 Å². The van der Waals surface area contributed by atoms with Crippen LogP contribution in [0.1, 0.15) is 32.6 Å². The third-order valence-electron chi connectivity index (χ3n) is 4.87. The van der Waals surface area contributed by atoms with Crippen molar-refractivity contribution in [3.63, 3.8) is 0 Å². The monoisotopic (exact) mass is 602 g/mol. The second kappa shape index (κ2) is 5.47. The van der Waals surface area contributed by atoms with Crippen molar-refractivity contribution in [3.05, 3.63) is 0 Å². The standard InChI is InChI=1S/C12H14F6I2N2O3/c1-7(19,12-20(21-12)22-12)6(23)25-8(4-2-3-5-8)9(24,10(13,14)15)11(16,17)18/h21-22,24H,2-5H2,1H3. The number of carbonyl (C=O) groups is 1. The molecule has 13 heteroatoms. The molecule has 2 heterocycles. The summed E-state index contributed by atoms with van der Waals surface area (Å²) in [6, 6.07) is 0. The van der Waals surface area contributed by atoms with E-state index in [1.54, 1.807) is 22.6 Å². The first-order chi connectivity index (χ1) is 11.1. The topological polar surface area (TPSA) is 90.4 Å². The normalized spacial score (nSPS) is 28.1. The van der Waals surface area contributed by atoms with Gasteiger partial charge in [0.15, 0.2) is 0 Å². The summed E-state index contributed by atoms with van der Waals surface area (Å²) < 4.78 is 88.7. The molecule has 3 aliphatic rings. The maximum absolute atomic E-state index is 13.3. The van der Waals surface area contributed by atoms with Crippen molar-refractivity contribution < 1.29 is 41.0 Å². The van der Waals surface area contributed by atoms with Gasteiger partial charge in [-0.05, 0) is 0 Å². The number of fused-ring (bicyclic) bond motifs is 1. The summed E-state index contributed by atoms with van der Waals surface area (Å²) >= 11 is -0.0309. The Balaban J connectivity index is 1.97. The quantitative estimate of drug-likeness (QED) is 0.0877. The number of esters is 1. The molecular formula is C12H14F6I2N2O3. The van der Waals surface area contributed by atoms with Gasteiger partial charge in [0.05, 0.1) is 0 Å². The van der Waals surface area contributed by atoms with Gasteiger partial charge in [0.2, 0.25) is 0 Å². The van der Waals surface area contributed by atoms with Crippen molar-refractivity contribution in [1.29, 1.82) is 0 Å². The van der Waals surface area contributed by atoms with Gasteiger partial charge in [-0.3, -0.25) is 0 Å². The van der Waals surface area contributed by atoms with Crippen LogP contribution in [0.5, 0.6) is 0 Å². The zero-order valence-electron chi connectivity index (χ0n) is 12.6. The van der Waals surface area contributed by atoms with Gasteiger partial charge in [0, 0.05) is 0 Å². The minimum absolute atomic E-state index is 0.0140. The molecule has 0 aromatic heterocycles. The number of hydrogen-bond acceptors (Lipinski definition) is 5. The van der Waals surface area contributed by atoms with Gasteiger partial charge in [-0.15, -0.1) is 0 Å². The van der Waals surface area contributed by atoms with Gasteiger partial charge in [-0.2, -0.15) is 0 Å². The molecule has 2 aliphatic heterocycles. The van der Waals surface area contributed by atoms with Crippen LogP contribution in [-0.4, -0.2) is 41.7 Å².